The van der Waals surface area contributed by atoms with Crippen molar-refractivity contribution in [1.82, 2.24) is 0 Å². The van der Waals surface area contributed by atoms with Gasteiger partial charge in [-0.3, -0.25) is 0 Å². The van der Waals surface area contributed by atoms with Crippen molar-refractivity contribution >= 4 is 0 Å². The molecule has 0 heterocycles. The van der Waals surface area contributed by atoms with E-state index in [0.29, 0.717) is 0 Å². The average Bonchev–Trinajstić information content (AvgIpc) is 2.10. The van der Waals surface area contributed by atoms with Gasteiger partial charge in [-0.15, -0.1) is 0 Å². The molecule has 0 unspecified atom stereocenters. The molecule has 0 aliphatic carbocycles. The number of hydrogen-bond acceptors (Lipinski definition) is 1. The fourth-order valence-corrected chi connectivity index (χ4v) is 0.460. The van der Waals surface area contributed by atoms with Crippen LogP contribution in [0.1, 0.15) is 13.8 Å². The molecule has 1 heteroatoms. The molecule has 0 aromatic heterocycles. The van der Waals surface area contributed by atoms with Crippen LogP contribution in [-0.4, -0.2) is 7.11 Å². The Balaban J connectivity index is 0.000000371. The lowest BCUT2D eigenvalue weighted by Crippen LogP contribution is -1.77. The van der Waals surface area contributed by atoms with Crippen LogP contribution in [0.15, 0.2) is 18.2 Å². The van der Waals surface area contributed by atoms with Crippen molar-refractivity contribution in [1.29, 1.82) is 0 Å². The highest BCUT2D eigenvalue weighted by Crippen LogP contribution is 2.02. The normalized spacial score (nSPS) is 6.70. The highest BCUT2D eigenvalue weighted by molar-refractivity contribution is 5.16. The third-order valence-electron chi connectivity index (χ3n) is 0.864. The molecule has 0 spiro atoms. The van der Waals surface area contributed by atoms with E-state index in [4.69, 9.17) is 4.74 Å². The molecule has 0 aliphatic heterocycles. The van der Waals surface area contributed by atoms with Crippen molar-refractivity contribution < 1.29 is 4.74 Å². The van der Waals surface area contributed by atoms with E-state index in [2.05, 4.69) is 12.1 Å². The molecule has 0 radical (unpaired) electrons. The lowest BCUT2D eigenvalue weighted by Gasteiger charge is -1.91. The van der Waals surface area contributed by atoms with Crippen molar-refractivity contribution in [3.8, 4) is 5.75 Å². The highest BCUT2D eigenvalue weighted by atomic mass is 16.5. The Bertz CT molecular complexity index is 146. The van der Waals surface area contributed by atoms with Crippen LogP contribution in [-0.2, 0) is 0 Å². The molecule has 0 amide bonds. The third-order valence-corrected chi connectivity index (χ3v) is 0.864. The first-order valence-corrected chi connectivity index (χ1v) is 3.35. The molecule has 0 saturated heterocycles. The summed E-state index contributed by atoms with van der Waals surface area (Å²) in [5, 5.41) is 0. The van der Waals surface area contributed by atoms with Gasteiger partial charge in [0.15, 0.2) is 0 Å². The summed E-state index contributed by atoms with van der Waals surface area (Å²) < 4.78 is 4.86. The monoisotopic (exact) mass is 136 g/mol. The zero-order valence-electron chi connectivity index (χ0n) is 6.64. The molecule has 0 atom stereocenters. The third kappa shape index (κ3) is 2.99. The second kappa shape index (κ2) is 5.97. The van der Waals surface area contributed by atoms with Gasteiger partial charge in [-0.2, -0.15) is 0 Å². The number of hydrogen-bond donors (Lipinski definition) is 0. The Morgan fingerprint density at radius 3 is 2.30 bits per heavy atom. The predicted molar refractivity (Wildman–Crippen MR) is 42.0 cm³/mol. The van der Waals surface area contributed by atoms with Gasteiger partial charge in [-0.05, 0) is 12.1 Å². The minimum absolute atomic E-state index is 0.823. The molecule has 0 N–H and O–H groups in total. The molecule has 1 nitrogen and oxygen atoms in total. The molecule has 0 aliphatic rings. The van der Waals surface area contributed by atoms with Gasteiger partial charge in [-0.25, -0.2) is 0 Å². The van der Waals surface area contributed by atoms with Crippen molar-refractivity contribution in [2.24, 2.45) is 0 Å². The van der Waals surface area contributed by atoms with Gasteiger partial charge in [0.1, 0.15) is 5.75 Å². The maximum Gasteiger partial charge on any atom is 0.127 e. The molecule has 1 aromatic carbocycles. The first-order chi connectivity index (χ1) is 4.93. The zero-order chi connectivity index (χ0) is 7.82. The largest absolute Gasteiger partial charge is 0.496 e. The minimum Gasteiger partial charge on any atom is -0.496 e. The summed E-state index contributed by atoms with van der Waals surface area (Å²) in [4.78, 5) is 0. The lowest BCUT2D eigenvalue weighted by atomic mass is 10.4. The van der Waals surface area contributed by atoms with E-state index in [9.17, 15) is 0 Å². The van der Waals surface area contributed by atoms with E-state index in [1.54, 1.807) is 19.2 Å². The summed E-state index contributed by atoms with van der Waals surface area (Å²) >= 11 is 0. The Kier molecular flexibility index (Phi) is 5.28. The molecular weight excluding hydrogens is 124 g/mol. The van der Waals surface area contributed by atoms with Gasteiger partial charge in [0.2, 0.25) is 0 Å². The standard InChI is InChI=1S/C7H6O.C2H6/c1-8-7-5-3-2-4-6-7;1-2/h3,5-6H,1H3;1-2H3. The Morgan fingerprint density at radius 2 is 2.00 bits per heavy atom. The van der Waals surface area contributed by atoms with Crippen molar-refractivity contribution in [3.63, 3.8) is 0 Å². The highest BCUT2D eigenvalue weighted by Gasteiger charge is 1.79. The quantitative estimate of drug-likeness (QED) is 0.575. The van der Waals surface area contributed by atoms with E-state index in [1.165, 1.54) is 0 Å². The molecule has 10 heavy (non-hydrogen) atoms. The molecule has 1 aromatic rings. The van der Waals surface area contributed by atoms with Crippen LogP contribution in [0.2, 0.25) is 0 Å². The van der Waals surface area contributed by atoms with Crippen LogP contribution < -0.4 is 4.74 Å². The van der Waals surface area contributed by atoms with Gasteiger partial charge in [0.05, 0.1) is 7.11 Å². The summed E-state index contributed by atoms with van der Waals surface area (Å²) in [5.41, 5.74) is 0. The summed E-state index contributed by atoms with van der Waals surface area (Å²) in [6, 6.07) is 10.9. The smallest absolute Gasteiger partial charge is 0.127 e. The SMILES string of the molecule is CC.COc1cc#ccc1. The van der Waals surface area contributed by atoms with E-state index in [1.807, 2.05) is 19.9 Å². The van der Waals surface area contributed by atoms with Gasteiger partial charge in [0, 0.05) is 6.07 Å². The maximum absolute atomic E-state index is 4.86. The number of rotatable bonds is 1. The van der Waals surface area contributed by atoms with Gasteiger partial charge >= 0.3 is 0 Å². The Morgan fingerprint density at radius 1 is 1.30 bits per heavy atom. The first-order valence-electron chi connectivity index (χ1n) is 3.35. The summed E-state index contributed by atoms with van der Waals surface area (Å²) in [5.74, 6) is 0.823. The van der Waals surface area contributed by atoms with Crippen molar-refractivity contribution in [2.45, 2.75) is 13.8 Å². The second-order valence-electron chi connectivity index (χ2n) is 1.37. The van der Waals surface area contributed by atoms with Crippen molar-refractivity contribution in [2.75, 3.05) is 7.11 Å². The van der Waals surface area contributed by atoms with Gasteiger partial charge in [-0.1, -0.05) is 26.0 Å². The van der Waals surface area contributed by atoms with E-state index >= 15 is 0 Å². The second-order valence-corrected chi connectivity index (χ2v) is 1.37. The number of ether oxygens (including phenoxy) is 1. The van der Waals surface area contributed by atoms with Crippen molar-refractivity contribution in [3.05, 3.63) is 30.3 Å². The van der Waals surface area contributed by atoms with Gasteiger partial charge < -0.3 is 4.74 Å². The van der Waals surface area contributed by atoms with E-state index in [-0.39, 0.29) is 0 Å². The first kappa shape index (κ1) is 8.84. The van der Waals surface area contributed by atoms with E-state index in [0.717, 1.165) is 5.75 Å². The minimum atomic E-state index is 0.823. The molecular formula is C9H12O. The Labute approximate surface area is 62.6 Å². The molecule has 0 fully saturated rings. The molecule has 0 bridgehead atoms. The molecule has 0 saturated carbocycles. The molecule has 54 valence electrons. The Hall–Kier alpha value is -1.16. The van der Waals surface area contributed by atoms with Crippen LogP contribution in [0.5, 0.6) is 5.75 Å². The maximum atomic E-state index is 4.86. The summed E-state index contributed by atoms with van der Waals surface area (Å²) in [7, 11) is 1.63. The van der Waals surface area contributed by atoms with E-state index < -0.39 is 0 Å². The van der Waals surface area contributed by atoms with Crippen LogP contribution in [0.25, 0.3) is 0 Å². The fraction of sp³-hybridized carbons (Fsp3) is 0.333. The zero-order valence-corrected chi connectivity index (χ0v) is 6.64. The summed E-state index contributed by atoms with van der Waals surface area (Å²) in [6.45, 7) is 4.00. The van der Waals surface area contributed by atoms with Crippen LogP contribution in [0.4, 0.5) is 0 Å². The predicted octanol–water partition coefficient (Wildman–Crippen LogP) is 2.32. The molecule has 1 rings (SSSR count). The summed E-state index contributed by atoms with van der Waals surface area (Å²) in [6.07, 6.45) is 0. The fourth-order valence-electron chi connectivity index (χ4n) is 0.460. The topological polar surface area (TPSA) is 9.23 Å². The van der Waals surface area contributed by atoms with Crippen LogP contribution in [0.3, 0.4) is 0 Å². The van der Waals surface area contributed by atoms with Crippen LogP contribution >= 0.6 is 0 Å². The lowest BCUT2D eigenvalue weighted by molar-refractivity contribution is 0.415. The number of methoxy groups -OCH3 is 1. The van der Waals surface area contributed by atoms with Gasteiger partial charge in [0.25, 0.3) is 0 Å². The average molecular weight is 136 g/mol. The van der Waals surface area contributed by atoms with Crippen LogP contribution in [0, 0.1) is 12.1 Å².